The second-order valence-corrected chi connectivity index (χ2v) is 6.28. The van der Waals surface area contributed by atoms with Gasteiger partial charge in [0.15, 0.2) is 0 Å². The highest BCUT2D eigenvalue weighted by Gasteiger charge is 2.20. The summed E-state index contributed by atoms with van der Waals surface area (Å²) in [5.41, 5.74) is 0.210. The van der Waals surface area contributed by atoms with Gasteiger partial charge in [-0.15, -0.1) is 0 Å². The lowest BCUT2D eigenvalue weighted by molar-refractivity contribution is 0.0789. The lowest BCUT2D eigenvalue weighted by Crippen LogP contribution is -2.28. The van der Waals surface area contributed by atoms with Gasteiger partial charge in [0, 0.05) is 13.6 Å². The van der Waals surface area contributed by atoms with E-state index in [-0.39, 0.29) is 16.4 Å². The van der Waals surface area contributed by atoms with Crippen molar-refractivity contribution in [2.45, 2.75) is 31.6 Å². The Hall–Kier alpha value is -1.60. The molecule has 0 heterocycles. The number of primary sulfonamides is 1. The molecular formula is C14H22N2O4S. The number of carbonyl (C=O) groups excluding carboxylic acids is 1. The lowest BCUT2D eigenvalue weighted by atomic mass is 10.1. The molecule has 0 aliphatic carbocycles. The van der Waals surface area contributed by atoms with E-state index in [0.717, 1.165) is 12.8 Å². The normalized spacial score (nSPS) is 11.2. The van der Waals surface area contributed by atoms with Crippen molar-refractivity contribution in [3.8, 4) is 5.75 Å². The first-order valence-corrected chi connectivity index (χ1v) is 8.41. The van der Waals surface area contributed by atoms with Crippen molar-refractivity contribution in [1.29, 1.82) is 0 Å². The first-order valence-electron chi connectivity index (χ1n) is 6.86. The highest BCUT2D eigenvalue weighted by molar-refractivity contribution is 7.89. The topological polar surface area (TPSA) is 89.7 Å². The number of amides is 1. The number of unbranched alkanes of at least 4 members (excludes halogenated alkanes) is 1. The fourth-order valence-corrected chi connectivity index (χ4v) is 2.38. The molecule has 0 aromatic heterocycles. The van der Waals surface area contributed by atoms with Crippen LogP contribution in [-0.2, 0) is 10.0 Å². The predicted molar refractivity (Wildman–Crippen MR) is 80.9 cm³/mol. The first kappa shape index (κ1) is 17.5. The van der Waals surface area contributed by atoms with Gasteiger partial charge in [0.1, 0.15) is 5.75 Å². The summed E-state index contributed by atoms with van der Waals surface area (Å²) in [5.74, 6) is 0.0793. The fraction of sp³-hybridized carbons (Fsp3) is 0.500. The molecule has 0 spiro atoms. The highest BCUT2D eigenvalue weighted by atomic mass is 32.2. The minimum Gasteiger partial charge on any atom is -0.493 e. The smallest absolute Gasteiger partial charge is 0.257 e. The van der Waals surface area contributed by atoms with E-state index >= 15 is 0 Å². The first-order chi connectivity index (χ1) is 9.81. The van der Waals surface area contributed by atoms with Crippen LogP contribution in [0, 0.1) is 0 Å². The van der Waals surface area contributed by atoms with Crippen LogP contribution in [0.25, 0.3) is 0 Å². The molecule has 1 amide bonds. The van der Waals surface area contributed by atoms with E-state index < -0.39 is 10.0 Å². The molecule has 0 aliphatic rings. The predicted octanol–water partition coefficient (Wildman–Crippen LogP) is 1.60. The highest BCUT2D eigenvalue weighted by Crippen LogP contribution is 2.23. The fourth-order valence-electron chi connectivity index (χ4n) is 1.84. The van der Waals surface area contributed by atoms with Crippen LogP contribution in [0.2, 0.25) is 0 Å². The Morgan fingerprint density at radius 3 is 2.52 bits per heavy atom. The van der Waals surface area contributed by atoms with Crippen LogP contribution in [0.15, 0.2) is 23.1 Å². The quantitative estimate of drug-likeness (QED) is 0.828. The summed E-state index contributed by atoms with van der Waals surface area (Å²) in [5, 5.41) is 5.11. The third-order valence-electron chi connectivity index (χ3n) is 3.00. The van der Waals surface area contributed by atoms with Crippen molar-refractivity contribution in [3.05, 3.63) is 23.8 Å². The van der Waals surface area contributed by atoms with Crippen LogP contribution in [0.5, 0.6) is 5.75 Å². The maximum absolute atomic E-state index is 12.4. The number of hydrogen-bond donors (Lipinski definition) is 1. The second kappa shape index (κ2) is 7.42. The number of sulfonamides is 1. The van der Waals surface area contributed by atoms with Crippen molar-refractivity contribution in [2.24, 2.45) is 5.14 Å². The number of nitrogens with two attached hydrogens (primary N) is 1. The zero-order valence-corrected chi connectivity index (χ0v) is 13.4. The molecule has 2 N–H and O–H groups in total. The van der Waals surface area contributed by atoms with Gasteiger partial charge in [0.25, 0.3) is 5.91 Å². The molecule has 0 saturated carbocycles. The average molecular weight is 314 g/mol. The molecule has 1 aromatic rings. The molecular weight excluding hydrogens is 292 g/mol. The van der Waals surface area contributed by atoms with Gasteiger partial charge in [-0.05, 0) is 31.5 Å². The molecule has 7 heteroatoms. The summed E-state index contributed by atoms with van der Waals surface area (Å²) in [6, 6.07) is 4.07. The van der Waals surface area contributed by atoms with Gasteiger partial charge in [0.05, 0.1) is 17.1 Å². The van der Waals surface area contributed by atoms with Gasteiger partial charge >= 0.3 is 0 Å². The molecule has 0 bridgehead atoms. The summed E-state index contributed by atoms with van der Waals surface area (Å²) in [7, 11) is -2.18. The van der Waals surface area contributed by atoms with E-state index in [2.05, 4.69) is 0 Å². The van der Waals surface area contributed by atoms with E-state index in [1.165, 1.54) is 18.2 Å². The average Bonchev–Trinajstić information content (AvgIpc) is 2.43. The van der Waals surface area contributed by atoms with Crippen LogP contribution in [0.4, 0.5) is 0 Å². The monoisotopic (exact) mass is 314 g/mol. The number of carbonyl (C=O) groups is 1. The molecule has 0 atom stereocenters. The third-order valence-corrected chi connectivity index (χ3v) is 3.91. The van der Waals surface area contributed by atoms with Crippen LogP contribution >= 0.6 is 0 Å². The Morgan fingerprint density at radius 2 is 2.00 bits per heavy atom. The summed E-state index contributed by atoms with van der Waals surface area (Å²) >= 11 is 0. The Bertz CT molecular complexity index is 599. The summed E-state index contributed by atoms with van der Waals surface area (Å²) < 4.78 is 28.3. The van der Waals surface area contributed by atoms with Gasteiger partial charge in [-0.1, -0.05) is 13.3 Å². The number of nitrogens with zero attached hydrogens (tertiary/aromatic N) is 1. The van der Waals surface area contributed by atoms with Gasteiger partial charge in [-0.3, -0.25) is 4.79 Å². The van der Waals surface area contributed by atoms with Gasteiger partial charge in [-0.25, -0.2) is 13.6 Å². The van der Waals surface area contributed by atoms with Crippen LogP contribution < -0.4 is 9.88 Å². The Morgan fingerprint density at radius 1 is 1.33 bits per heavy atom. The maximum Gasteiger partial charge on any atom is 0.257 e. The number of ether oxygens (including phenoxy) is 1. The zero-order chi connectivity index (χ0) is 16.0. The molecule has 0 saturated heterocycles. The van der Waals surface area contributed by atoms with E-state index in [1.807, 2.05) is 6.92 Å². The van der Waals surface area contributed by atoms with Crippen molar-refractivity contribution < 1.29 is 17.9 Å². The Balaban J connectivity index is 3.19. The number of rotatable bonds is 7. The number of hydrogen-bond acceptors (Lipinski definition) is 4. The third kappa shape index (κ3) is 4.71. The number of benzene rings is 1. The van der Waals surface area contributed by atoms with Gasteiger partial charge in [-0.2, -0.15) is 0 Å². The zero-order valence-electron chi connectivity index (χ0n) is 12.6. The van der Waals surface area contributed by atoms with Gasteiger partial charge < -0.3 is 9.64 Å². The van der Waals surface area contributed by atoms with E-state index in [1.54, 1.807) is 18.9 Å². The SMILES string of the molecule is CCCCN(C)C(=O)c1cc(S(N)(=O)=O)ccc1OCC. The van der Waals surface area contributed by atoms with Crippen LogP contribution in [0.1, 0.15) is 37.0 Å². The van der Waals surface area contributed by atoms with Gasteiger partial charge in [0.2, 0.25) is 10.0 Å². The van der Waals surface area contributed by atoms with Crippen LogP contribution in [0.3, 0.4) is 0 Å². The lowest BCUT2D eigenvalue weighted by Gasteiger charge is -2.19. The Labute approximate surface area is 125 Å². The summed E-state index contributed by atoms with van der Waals surface area (Å²) in [6.07, 6.45) is 1.84. The molecule has 6 nitrogen and oxygen atoms in total. The summed E-state index contributed by atoms with van der Waals surface area (Å²) in [6.45, 7) is 4.81. The molecule has 0 unspecified atom stereocenters. The second-order valence-electron chi connectivity index (χ2n) is 4.72. The van der Waals surface area contributed by atoms with Crippen LogP contribution in [-0.4, -0.2) is 39.4 Å². The minimum absolute atomic E-state index is 0.0989. The maximum atomic E-state index is 12.4. The molecule has 118 valence electrons. The largest absolute Gasteiger partial charge is 0.493 e. The molecule has 1 rings (SSSR count). The van der Waals surface area contributed by atoms with E-state index in [9.17, 15) is 13.2 Å². The molecule has 0 fully saturated rings. The van der Waals surface area contributed by atoms with E-state index in [0.29, 0.717) is 18.9 Å². The molecule has 1 aromatic carbocycles. The molecule has 0 aliphatic heterocycles. The van der Waals surface area contributed by atoms with Crippen molar-refractivity contribution in [1.82, 2.24) is 4.90 Å². The standard InChI is InChI=1S/C14H22N2O4S/c1-4-6-9-16(3)14(17)12-10-11(21(15,18)19)7-8-13(12)20-5-2/h7-8,10H,4-6,9H2,1-3H3,(H2,15,18,19). The Kier molecular flexibility index (Phi) is 6.17. The van der Waals surface area contributed by atoms with E-state index in [4.69, 9.17) is 9.88 Å². The molecule has 21 heavy (non-hydrogen) atoms. The minimum atomic E-state index is -3.86. The van der Waals surface area contributed by atoms with Crippen molar-refractivity contribution in [3.63, 3.8) is 0 Å². The van der Waals surface area contributed by atoms with Crippen molar-refractivity contribution in [2.75, 3.05) is 20.2 Å². The van der Waals surface area contributed by atoms with Crippen molar-refractivity contribution >= 4 is 15.9 Å². The molecule has 0 radical (unpaired) electrons. The summed E-state index contributed by atoms with van der Waals surface area (Å²) in [4.78, 5) is 13.9.